The molecule has 5 rings (SSSR count). The Kier molecular flexibility index (Phi) is 6.64. The minimum Gasteiger partial charge on any atom is -0.324 e. The molecule has 32 heavy (non-hydrogen) atoms. The third kappa shape index (κ3) is 4.88. The van der Waals surface area contributed by atoms with Crippen LogP contribution in [0, 0.1) is 12.7 Å². The highest BCUT2D eigenvalue weighted by molar-refractivity contribution is 5.85. The van der Waals surface area contributed by atoms with Crippen molar-refractivity contribution in [2.24, 2.45) is 0 Å². The maximum absolute atomic E-state index is 14.2. The minimum absolute atomic E-state index is 0. The predicted molar refractivity (Wildman–Crippen MR) is 127 cm³/mol. The van der Waals surface area contributed by atoms with Crippen LogP contribution in [0.5, 0.6) is 0 Å². The third-order valence-corrected chi connectivity index (χ3v) is 5.47. The van der Waals surface area contributed by atoms with Gasteiger partial charge in [-0.1, -0.05) is 6.07 Å². The lowest BCUT2D eigenvalue weighted by Gasteiger charge is -2.27. The minimum atomic E-state index is -0.340. The molecule has 1 saturated heterocycles. The number of imidazole rings is 1. The lowest BCUT2D eigenvalue weighted by Crippen LogP contribution is -2.42. The molecule has 0 amide bonds. The summed E-state index contributed by atoms with van der Waals surface area (Å²) in [6.45, 7) is 6.91. The Morgan fingerprint density at radius 2 is 1.94 bits per heavy atom. The first-order valence-electron chi connectivity index (χ1n) is 10.4. The summed E-state index contributed by atoms with van der Waals surface area (Å²) in [5.41, 5.74) is 4.92. The van der Waals surface area contributed by atoms with Crippen LogP contribution in [-0.2, 0) is 6.54 Å². The summed E-state index contributed by atoms with van der Waals surface area (Å²) in [7, 11) is 0. The number of aryl methyl sites for hydroxylation is 1. The number of piperazine rings is 1. The summed E-state index contributed by atoms with van der Waals surface area (Å²) in [5, 5.41) is 6.63. The molecule has 1 aliphatic heterocycles. The lowest BCUT2D eigenvalue weighted by atomic mass is 10.1. The van der Waals surface area contributed by atoms with Crippen molar-refractivity contribution in [3.05, 3.63) is 65.9 Å². The number of nitrogens with one attached hydrogen (secondary N) is 3. The maximum Gasteiger partial charge on any atom is 0.206 e. The SMILES string of the molecule is Cc1cc(-c2ccc3nc(Nc4cc(CN5CCNCC5)ccn4)[nH]c3c2)c(F)cn1.Cl. The van der Waals surface area contributed by atoms with E-state index in [9.17, 15) is 4.39 Å². The molecule has 166 valence electrons. The van der Waals surface area contributed by atoms with Crippen molar-refractivity contribution in [2.45, 2.75) is 13.5 Å². The van der Waals surface area contributed by atoms with E-state index in [0.29, 0.717) is 11.5 Å². The van der Waals surface area contributed by atoms with Crippen LogP contribution in [0.1, 0.15) is 11.3 Å². The molecule has 0 aliphatic carbocycles. The van der Waals surface area contributed by atoms with E-state index in [1.54, 1.807) is 6.07 Å². The molecule has 0 saturated carbocycles. The first-order valence-corrected chi connectivity index (χ1v) is 10.4. The van der Waals surface area contributed by atoms with Gasteiger partial charge < -0.3 is 15.6 Å². The van der Waals surface area contributed by atoms with E-state index in [1.807, 2.05) is 37.4 Å². The molecule has 1 aromatic carbocycles. The number of pyridine rings is 2. The van der Waals surface area contributed by atoms with Crippen LogP contribution in [-0.4, -0.2) is 51.0 Å². The summed E-state index contributed by atoms with van der Waals surface area (Å²) in [6.07, 6.45) is 3.07. The van der Waals surface area contributed by atoms with Crippen molar-refractivity contribution in [2.75, 3.05) is 31.5 Å². The van der Waals surface area contributed by atoms with Crippen molar-refractivity contribution in [3.63, 3.8) is 0 Å². The van der Waals surface area contributed by atoms with Crippen molar-refractivity contribution >= 4 is 35.2 Å². The molecule has 0 bridgehead atoms. The summed E-state index contributed by atoms with van der Waals surface area (Å²) >= 11 is 0. The Morgan fingerprint density at radius 3 is 2.78 bits per heavy atom. The molecular weight excluding hydrogens is 429 g/mol. The lowest BCUT2D eigenvalue weighted by molar-refractivity contribution is 0.233. The zero-order valence-electron chi connectivity index (χ0n) is 17.7. The van der Waals surface area contributed by atoms with Gasteiger partial charge in [-0.05, 0) is 48.4 Å². The highest BCUT2D eigenvalue weighted by atomic mass is 35.5. The molecule has 1 aliphatic rings. The van der Waals surface area contributed by atoms with Gasteiger partial charge in [0.1, 0.15) is 11.6 Å². The van der Waals surface area contributed by atoms with Crippen molar-refractivity contribution < 1.29 is 4.39 Å². The van der Waals surface area contributed by atoms with Crippen LogP contribution in [0.2, 0.25) is 0 Å². The topological polar surface area (TPSA) is 81.8 Å². The molecule has 9 heteroatoms. The van der Waals surface area contributed by atoms with Crippen LogP contribution >= 0.6 is 12.4 Å². The number of hydrogen-bond donors (Lipinski definition) is 3. The average molecular weight is 454 g/mol. The normalized spacial score (nSPS) is 14.3. The number of anilines is 2. The van der Waals surface area contributed by atoms with Gasteiger partial charge in [0.15, 0.2) is 0 Å². The molecule has 3 N–H and O–H groups in total. The second-order valence-electron chi connectivity index (χ2n) is 7.82. The number of halogens is 2. The van der Waals surface area contributed by atoms with Gasteiger partial charge in [-0.15, -0.1) is 12.4 Å². The van der Waals surface area contributed by atoms with Gasteiger partial charge >= 0.3 is 0 Å². The Bertz CT molecular complexity index is 1220. The Hall–Kier alpha value is -3.07. The number of benzene rings is 1. The number of rotatable bonds is 5. The van der Waals surface area contributed by atoms with Crippen molar-refractivity contribution in [1.29, 1.82) is 0 Å². The van der Waals surface area contributed by atoms with Gasteiger partial charge in [0.2, 0.25) is 5.95 Å². The van der Waals surface area contributed by atoms with Crippen LogP contribution in [0.25, 0.3) is 22.2 Å². The monoisotopic (exact) mass is 453 g/mol. The Morgan fingerprint density at radius 1 is 1.09 bits per heavy atom. The van der Waals surface area contributed by atoms with E-state index in [4.69, 9.17) is 0 Å². The smallest absolute Gasteiger partial charge is 0.206 e. The second-order valence-corrected chi connectivity index (χ2v) is 7.82. The van der Waals surface area contributed by atoms with Crippen molar-refractivity contribution in [1.82, 2.24) is 30.2 Å². The Labute approximate surface area is 191 Å². The van der Waals surface area contributed by atoms with E-state index in [2.05, 4.69) is 41.5 Å². The first-order chi connectivity index (χ1) is 15.1. The highest BCUT2D eigenvalue weighted by Gasteiger charge is 2.12. The summed E-state index contributed by atoms with van der Waals surface area (Å²) < 4.78 is 14.2. The first kappa shape index (κ1) is 22.1. The van der Waals surface area contributed by atoms with Crippen LogP contribution < -0.4 is 10.6 Å². The van der Waals surface area contributed by atoms with E-state index in [1.165, 1.54) is 11.8 Å². The van der Waals surface area contributed by atoms with Gasteiger partial charge in [-0.2, -0.15) is 0 Å². The molecule has 4 heterocycles. The predicted octanol–water partition coefficient (Wildman–Crippen LogP) is 4.04. The van der Waals surface area contributed by atoms with Gasteiger partial charge in [0, 0.05) is 50.2 Å². The number of aromatic amines is 1. The van der Waals surface area contributed by atoms with Gasteiger partial charge in [-0.25, -0.2) is 14.4 Å². The van der Waals surface area contributed by atoms with E-state index >= 15 is 0 Å². The quantitative estimate of drug-likeness (QED) is 0.423. The molecule has 0 spiro atoms. The number of hydrogen-bond acceptors (Lipinski definition) is 6. The fraction of sp³-hybridized carbons (Fsp3) is 0.261. The molecule has 7 nitrogen and oxygen atoms in total. The molecule has 0 atom stereocenters. The fourth-order valence-electron chi connectivity index (χ4n) is 3.89. The van der Waals surface area contributed by atoms with Gasteiger partial charge in [0.25, 0.3) is 0 Å². The second kappa shape index (κ2) is 9.60. The van der Waals surface area contributed by atoms with Gasteiger partial charge in [0.05, 0.1) is 17.2 Å². The van der Waals surface area contributed by atoms with E-state index < -0.39 is 0 Å². The number of H-pyrrole nitrogens is 1. The summed E-state index contributed by atoms with van der Waals surface area (Å²) in [4.78, 5) is 18.7. The zero-order valence-corrected chi connectivity index (χ0v) is 18.5. The average Bonchev–Trinajstić information content (AvgIpc) is 3.18. The fourth-order valence-corrected chi connectivity index (χ4v) is 3.89. The third-order valence-electron chi connectivity index (χ3n) is 5.47. The largest absolute Gasteiger partial charge is 0.324 e. The molecule has 0 unspecified atom stereocenters. The van der Waals surface area contributed by atoms with Crippen molar-refractivity contribution in [3.8, 4) is 11.1 Å². The van der Waals surface area contributed by atoms with Crippen LogP contribution in [0.15, 0.2) is 48.8 Å². The van der Waals surface area contributed by atoms with Gasteiger partial charge in [-0.3, -0.25) is 9.88 Å². The summed E-state index contributed by atoms with van der Waals surface area (Å²) in [5.74, 6) is 1.00. The summed E-state index contributed by atoms with van der Waals surface area (Å²) in [6, 6.07) is 11.5. The molecule has 0 radical (unpaired) electrons. The zero-order chi connectivity index (χ0) is 21.2. The standard InChI is InChI=1S/C23H24FN7.ClH/c1-15-10-18(19(24)13-27-15)17-2-3-20-21(12-17)29-23(28-20)30-22-11-16(4-5-26-22)14-31-8-6-25-7-9-31;/h2-5,10-13,25H,6-9,14H2,1H3,(H2,26,28,29,30);1H. The molecular formula is C23H25ClFN7. The van der Waals surface area contributed by atoms with Crippen LogP contribution in [0.4, 0.5) is 16.2 Å². The van der Waals surface area contributed by atoms with E-state index in [0.717, 1.165) is 60.8 Å². The molecule has 3 aromatic heterocycles. The van der Waals surface area contributed by atoms with E-state index in [-0.39, 0.29) is 18.2 Å². The maximum atomic E-state index is 14.2. The number of aromatic nitrogens is 4. The Balaban J connectivity index is 0.00000245. The molecule has 1 fully saturated rings. The number of nitrogens with zero attached hydrogens (tertiary/aromatic N) is 4. The highest BCUT2D eigenvalue weighted by Crippen LogP contribution is 2.27. The van der Waals surface area contributed by atoms with Crippen LogP contribution in [0.3, 0.4) is 0 Å². The molecule has 4 aromatic rings. The number of fused-ring (bicyclic) bond motifs is 1.